The minimum Gasteiger partial charge on any atom is -0.469 e. The van der Waals surface area contributed by atoms with Gasteiger partial charge in [0.1, 0.15) is 0 Å². The average molecular weight is 248 g/mol. The summed E-state index contributed by atoms with van der Waals surface area (Å²) in [6.07, 6.45) is 6.61. The van der Waals surface area contributed by atoms with E-state index in [1.54, 1.807) is 6.20 Å². The number of esters is 1. The van der Waals surface area contributed by atoms with Crippen molar-refractivity contribution in [1.82, 2.24) is 4.98 Å². The fourth-order valence-corrected chi connectivity index (χ4v) is 2.64. The van der Waals surface area contributed by atoms with Gasteiger partial charge in [0.2, 0.25) is 0 Å². The number of methoxy groups -OCH3 is 1. The number of hydrogen-bond donors (Lipinski definition) is 1. The number of hydrogen-bond acceptors (Lipinski definition) is 4. The van der Waals surface area contributed by atoms with Gasteiger partial charge < -0.3 is 10.5 Å². The maximum absolute atomic E-state index is 11.2. The number of nitrogen functional groups attached to an aromatic ring is 1. The van der Waals surface area contributed by atoms with Gasteiger partial charge in [-0.05, 0) is 43.7 Å². The topological polar surface area (TPSA) is 65.2 Å². The Kier molecular flexibility index (Phi) is 4.18. The average Bonchev–Trinajstić information content (AvgIpc) is 2.40. The van der Waals surface area contributed by atoms with Gasteiger partial charge in [-0.3, -0.25) is 9.78 Å². The second kappa shape index (κ2) is 5.85. The lowest BCUT2D eigenvalue weighted by Crippen LogP contribution is -2.17. The molecule has 0 aliphatic heterocycles. The lowest BCUT2D eigenvalue weighted by Gasteiger charge is -2.27. The molecule has 1 aromatic rings. The summed E-state index contributed by atoms with van der Waals surface area (Å²) in [5.41, 5.74) is 7.47. The van der Waals surface area contributed by atoms with Gasteiger partial charge in [-0.25, -0.2) is 0 Å². The number of anilines is 1. The van der Waals surface area contributed by atoms with Gasteiger partial charge in [0.25, 0.3) is 0 Å². The Morgan fingerprint density at radius 3 is 2.67 bits per heavy atom. The molecule has 4 heteroatoms. The summed E-state index contributed by atoms with van der Waals surface area (Å²) in [4.78, 5) is 15.6. The lowest BCUT2D eigenvalue weighted by molar-refractivity contribution is -0.142. The molecule has 0 amide bonds. The quantitative estimate of drug-likeness (QED) is 0.835. The maximum Gasteiger partial charge on any atom is 0.305 e. The Morgan fingerprint density at radius 1 is 1.39 bits per heavy atom. The Hall–Kier alpha value is -1.58. The third-order valence-corrected chi connectivity index (χ3v) is 3.76. The molecular weight excluding hydrogens is 228 g/mol. The normalized spacial score (nSPS) is 23.6. The second-order valence-electron chi connectivity index (χ2n) is 5.01. The third kappa shape index (κ3) is 3.22. The summed E-state index contributed by atoms with van der Waals surface area (Å²) in [7, 11) is 1.45. The van der Waals surface area contributed by atoms with E-state index in [2.05, 4.69) is 4.98 Å². The smallest absolute Gasteiger partial charge is 0.305 e. The highest BCUT2D eigenvalue weighted by atomic mass is 16.5. The predicted molar refractivity (Wildman–Crippen MR) is 70.0 cm³/mol. The van der Waals surface area contributed by atoms with Crippen LogP contribution in [0.1, 0.15) is 43.7 Å². The van der Waals surface area contributed by atoms with Crippen molar-refractivity contribution in [2.24, 2.45) is 5.92 Å². The molecule has 1 aliphatic rings. The molecule has 18 heavy (non-hydrogen) atoms. The van der Waals surface area contributed by atoms with Crippen molar-refractivity contribution in [2.45, 2.75) is 38.0 Å². The van der Waals surface area contributed by atoms with E-state index in [-0.39, 0.29) is 5.97 Å². The number of pyridine rings is 1. The Morgan fingerprint density at radius 2 is 2.11 bits per heavy atom. The number of rotatable bonds is 3. The monoisotopic (exact) mass is 248 g/mol. The van der Waals surface area contributed by atoms with Crippen LogP contribution in [-0.4, -0.2) is 18.1 Å². The zero-order valence-electron chi connectivity index (χ0n) is 10.8. The van der Waals surface area contributed by atoms with Crippen LogP contribution in [0.4, 0.5) is 5.69 Å². The molecule has 1 saturated carbocycles. The summed E-state index contributed by atoms with van der Waals surface area (Å²) in [6, 6.07) is 3.92. The summed E-state index contributed by atoms with van der Waals surface area (Å²) < 4.78 is 4.71. The van der Waals surface area contributed by atoms with Crippen LogP contribution < -0.4 is 5.73 Å². The molecule has 0 radical (unpaired) electrons. The van der Waals surface area contributed by atoms with Crippen LogP contribution in [-0.2, 0) is 9.53 Å². The van der Waals surface area contributed by atoms with Crippen LogP contribution in [0.5, 0.6) is 0 Å². The zero-order chi connectivity index (χ0) is 13.0. The molecule has 0 unspecified atom stereocenters. The van der Waals surface area contributed by atoms with Crippen LogP contribution in [0, 0.1) is 5.92 Å². The maximum atomic E-state index is 11.2. The van der Waals surface area contributed by atoms with E-state index < -0.39 is 0 Å². The van der Waals surface area contributed by atoms with Crippen molar-refractivity contribution in [3.63, 3.8) is 0 Å². The van der Waals surface area contributed by atoms with E-state index in [9.17, 15) is 4.79 Å². The molecule has 0 bridgehead atoms. The van der Waals surface area contributed by atoms with E-state index in [4.69, 9.17) is 10.5 Å². The first kappa shape index (κ1) is 12.9. The minimum atomic E-state index is -0.0935. The number of carbonyl (C=O) groups excluding carboxylic acids is 1. The van der Waals surface area contributed by atoms with Crippen LogP contribution >= 0.6 is 0 Å². The predicted octanol–water partition coefficient (Wildman–Crippen LogP) is 2.50. The Bertz CT molecular complexity index is 395. The van der Waals surface area contributed by atoms with E-state index in [0.29, 0.717) is 23.9 Å². The molecule has 2 N–H and O–H groups in total. The van der Waals surface area contributed by atoms with E-state index in [1.807, 2.05) is 12.1 Å². The van der Waals surface area contributed by atoms with Crippen LogP contribution in [0.15, 0.2) is 18.3 Å². The van der Waals surface area contributed by atoms with Crippen LogP contribution in [0.3, 0.4) is 0 Å². The van der Waals surface area contributed by atoms with Crippen molar-refractivity contribution in [3.8, 4) is 0 Å². The SMILES string of the molecule is COC(=O)C[C@H]1CC[C@H](c2ccc(N)cn2)CC1. The summed E-state index contributed by atoms with van der Waals surface area (Å²) >= 11 is 0. The zero-order valence-corrected chi connectivity index (χ0v) is 10.8. The van der Waals surface area contributed by atoms with E-state index in [1.165, 1.54) is 7.11 Å². The Labute approximate surface area is 108 Å². The highest BCUT2D eigenvalue weighted by Gasteiger charge is 2.24. The van der Waals surface area contributed by atoms with Gasteiger partial charge in [0, 0.05) is 18.0 Å². The standard InChI is InChI=1S/C14H20N2O2/c1-18-14(17)8-10-2-4-11(5-3-10)13-7-6-12(15)9-16-13/h6-7,9-11H,2-5,8,15H2,1H3/t10-,11-. The first-order valence-electron chi connectivity index (χ1n) is 6.47. The number of carbonyl (C=O) groups is 1. The van der Waals surface area contributed by atoms with Crippen molar-refractivity contribution in [3.05, 3.63) is 24.0 Å². The molecular formula is C14H20N2O2. The molecule has 2 rings (SSSR count). The first-order chi connectivity index (χ1) is 8.69. The lowest BCUT2D eigenvalue weighted by atomic mass is 9.79. The number of nitrogens with zero attached hydrogens (tertiary/aromatic N) is 1. The molecule has 0 saturated heterocycles. The molecule has 1 aliphatic carbocycles. The number of ether oxygens (including phenoxy) is 1. The third-order valence-electron chi connectivity index (χ3n) is 3.76. The van der Waals surface area contributed by atoms with Gasteiger partial charge in [-0.15, -0.1) is 0 Å². The molecule has 1 fully saturated rings. The molecule has 0 aromatic carbocycles. The largest absolute Gasteiger partial charge is 0.469 e. The van der Waals surface area contributed by atoms with Gasteiger partial charge >= 0.3 is 5.97 Å². The van der Waals surface area contributed by atoms with Crippen molar-refractivity contribution < 1.29 is 9.53 Å². The molecule has 4 nitrogen and oxygen atoms in total. The molecule has 0 atom stereocenters. The van der Waals surface area contributed by atoms with Gasteiger partial charge in [0.15, 0.2) is 0 Å². The Balaban J connectivity index is 1.86. The fourth-order valence-electron chi connectivity index (χ4n) is 2.64. The summed E-state index contributed by atoms with van der Waals surface area (Å²) in [5.74, 6) is 0.894. The highest BCUT2D eigenvalue weighted by Crippen LogP contribution is 2.36. The van der Waals surface area contributed by atoms with Crippen LogP contribution in [0.2, 0.25) is 0 Å². The molecule has 1 heterocycles. The summed E-state index contributed by atoms with van der Waals surface area (Å²) in [5, 5.41) is 0. The highest BCUT2D eigenvalue weighted by molar-refractivity contribution is 5.69. The number of nitrogens with two attached hydrogens (primary N) is 1. The first-order valence-corrected chi connectivity index (χ1v) is 6.47. The molecule has 0 spiro atoms. The fraction of sp³-hybridized carbons (Fsp3) is 0.571. The van der Waals surface area contributed by atoms with Crippen molar-refractivity contribution in [1.29, 1.82) is 0 Å². The van der Waals surface area contributed by atoms with Gasteiger partial charge in [0.05, 0.1) is 19.0 Å². The van der Waals surface area contributed by atoms with Crippen LogP contribution in [0.25, 0.3) is 0 Å². The van der Waals surface area contributed by atoms with E-state index >= 15 is 0 Å². The van der Waals surface area contributed by atoms with Crippen molar-refractivity contribution >= 4 is 11.7 Å². The second-order valence-corrected chi connectivity index (χ2v) is 5.01. The summed E-state index contributed by atoms with van der Waals surface area (Å²) in [6.45, 7) is 0. The van der Waals surface area contributed by atoms with E-state index in [0.717, 1.165) is 31.4 Å². The minimum absolute atomic E-state index is 0.0935. The molecule has 98 valence electrons. The molecule has 1 aromatic heterocycles. The van der Waals surface area contributed by atoms with Gasteiger partial charge in [-0.2, -0.15) is 0 Å². The number of aromatic nitrogens is 1. The van der Waals surface area contributed by atoms with Crippen molar-refractivity contribution in [2.75, 3.05) is 12.8 Å². The van der Waals surface area contributed by atoms with Gasteiger partial charge in [-0.1, -0.05) is 0 Å².